The highest BCUT2D eigenvalue weighted by atomic mass is 15.2. The van der Waals surface area contributed by atoms with Crippen molar-refractivity contribution in [2.24, 2.45) is 0 Å². The van der Waals surface area contributed by atoms with Gasteiger partial charge in [-0.2, -0.15) is 10.4 Å². The highest BCUT2D eigenvalue weighted by molar-refractivity contribution is 5.56. The molecule has 1 aromatic heterocycles. The minimum absolute atomic E-state index is 0.557. The number of anilines is 1. The Morgan fingerprint density at radius 3 is 2.48 bits per heavy atom. The molecular weight excluding hydrogens is 262 g/mol. The van der Waals surface area contributed by atoms with Gasteiger partial charge < -0.3 is 10.2 Å². The summed E-state index contributed by atoms with van der Waals surface area (Å²) >= 11 is 0. The molecule has 0 saturated carbocycles. The number of aromatic nitrogens is 2. The maximum atomic E-state index is 9.42. The Morgan fingerprint density at radius 2 is 1.95 bits per heavy atom. The van der Waals surface area contributed by atoms with Gasteiger partial charge in [-0.25, -0.2) is 0 Å². The van der Waals surface area contributed by atoms with Crippen molar-refractivity contribution in [3.63, 3.8) is 0 Å². The zero-order valence-electron chi connectivity index (χ0n) is 13.9. The van der Waals surface area contributed by atoms with Crippen molar-refractivity contribution in [2.75, 3.05) is 25.5 Å². The molecule has 0 amide bonds. The molecule has 0 aliphatic heterocycles. The van der Waals surface area contributed by atoms with E-state index in [-0.39, 0.29) is 0 Å². The summed E-state index contributed by atoms with van der Waals surface area (Å²) in [5, 5.41) is 21.1. The molecule has 0 radical (unpaired) electrons. The molecule has 0 aromatic carbocycles. The first-order chi connectivity index (χ1) is 10.1. The van der Waals surface area contributed by atoms with Crippen LogP contribution in [0.3, 0.4) is 0 Å². The Balaban J connectivity index is 2.78. The first-order valence-corrected chi connectivity index (χ1v) is 7.81. The Morgan fingerprint density at radius 1 is 1.24 bits per heavy atom. The standard InChI is InChI=1S/C16H27N5/c1-6-12(4)21(5)10-9-18-16-14(11-17)13(7-2)15(8-3)19-20-16/h12H,6-10H2,1-5H3,(H,18,20). The summed E-state index contributed by atoms with van der Waals surface area (Å²) in [6, 6.07) is 2.84. The second-order valence-corrected chi connectivity index (χ2v) is 5.33. The van der Waals surface area contributed by atoms with Gasteiger partial charge >= 0.3 is 0 Å². The number of hydrogen-bond acceptors (Lipinski definition) is 5. The van der Waals surface area contributed by atoms with Gasteiger partial charge in [0, 0.05) is 19.1 Å². The van der Waals surface area contributed by atoms with E-state index in [1.54, 1.807) is 0 Å². The van der Waals surface area contributed by atoms with Gasteiger partial charge in [0.1, 0.15) is 11.6 Å². The van der Waals surface area contributed by atoms with Gasteiger partial charge in [-0.1, -0.05) is 20.8 Å². The summed E-state index contributed by atoms with van der Waals surface area (Å²) in [4.78, 5) is 2.30. The van der Waals surface area contributed by atoms with E-state index >= 15 is 0 Å². The van der Waals surface area contributed by atoms with Crippen molar-refractivity contribution < 1.29 is 0 Å². The minimum atomic E-state index is 0.557. The van der Waals surface area contributed by atoms with Crippen LogP contribution < -0.4 is 5.32 Å². The number of hydrogen-bond donors (Lipinski definition) is 1. The van der Waals surface area contributed by atoms with Crippen LogP contribution in [0.1, 0.15) is 50.9 Å². The third kappa shape index (κ3) is 4.40. The van der Waals surface area contributed by atoms with E-state index in [1.807, 2.05) is 6.92 Å². The van der Waals surface area contributed by atoms with E-state index in [0.29, 0.717) is 17.4 Å². The summed E-state index contributed by atoms with van der Waals surface area (Å²) < 4.78 is 0. The molecule has 0 aliphatic rings. The summed E-state index contributed by atoms with van der Waals surface area (Å²) in [5.74, 6) is 0.615. The Bertz CT molecular complexity index is 492. The van der Waals surface area contributed by atoms with E-state index in [2.05, 4.69) is 54.3 Å². The van der Waals surface area contributed by atoms with Crippen LogP contribution in [0.4, 0.5) is 5.82 Å². The van der Waals surface area contributed by atoms with Gasteiger partial charge in [0.15, 0.2) is 5.82 Å². The lowest BCUT2D eigenvalue weighted by atomic mass is 10.0. The number of rotatable bonds is 8. The van der Waals surface area contributed by atoms with Crippen LogP contribution in [-0.2, 0) is 12.8 Å². The molecular formula is C16H27N5. The normalized spacial score (nSPS) is 12.2. The third-order valence-corrected chi connectivity index (χ3v) is 4.06. The molecule has 21 heavy (non-hydrogen) atoms. The highest BCUT2D eigenvalue weighted by Gasteiger charge is 2.14. The number of nitrogens with one attached hydrogen (secondary N) is 1. The lowest BCUT2D eigenvalue weighted by Crippen LogP contribution is -2.33. The summed E-state index contributed by atoms with van der Waals surface area (Å²) in [7, 11) is 2.12. The predicted molar refractivity (Wildman–Crippen MR) is 86.4 cm³/mol. The lowest BCUT2D eigenvalue weighted by molar-refractivity contribution is 0.261. The summed E-state index contributed by atoms with van der Waals surface area (Å²) in [6.45, 7) is 10.2. The molecule has 1 rings (SSSR count). The molecule has 0 aliphatic carbocycles. The zero-order valence-corrected chi connectivity index (χ0v) is 13.9. The monoisotopic (exact) mass is 289 g/mol. The van der Waals surface area contributed by atoms with E-state index in [9.17, 15) is 5.26 Å². The van der Waals surface area contributed by atoms with E-state index in [0.717, 1.165) is 43.6 Å². The first kappa shape index (κ1) is 17.4. The number of nitrogens with zero attached hydrogens (tertiary/aromatic N) is 4. The molecule has 1 heterocycles. The van der Waals surface area contributed by atoms with Crippen molar-refractivity contribution in [3.05, 3.63) is 16.8 Å². The zero-order chi connectivity index (χ0) is 15.8. The molecule has 1 N–H and O–H groups in total. The number of aryl methyl sites for hydroxylation is 1. The molecule has 1 atom stereocenters. The van der Waals surface area contributed by atoms with Crippen LogP contribution in [0.5, 0.6) is 0 Å². The first-order valence-electron chi connectivity index (χ1n) is 7.81. The number of nitriles is 1. The second kappa shape index (κ2) is 8.58. The van der Waals surface area contributed by atoms with Gasteiger partial charge in [0.2, 0.25) is 0 Å². The van der Waals surface area contributed by atoms with Gasteiger partial charge in [-0.05, 0) is 38.8 Å². The van der Waals surface area contributed by atoms with Crippen LogP contribution in [0.15, 0.2) is 0 Å². The van der Waals surface area contributed by atoms with Crippen molar-refractivity contribution in [3.8, 4) is 6.07 Å². The van der Waals surface area contributed by atoms with Crippen molar-refractivity contribution in [2.45, 2.75) is 53.0 Å². The second-order valence-electron chi connectivity index (χ2n) is 5.33. The molecule has 1 aromatic rings. The summed E-state index contributed by atoms with van der Waals surface area (Å²) in [6.07, 6.45) is 2.75. The summed E-state index contributed by atoms with van der Waals surface area (Å²) in [5.41, 5.74) is 2.60. The Kier molecular flexibility index (Phi) is 7.10. The smallest absolute Gasteiger partial charge is 0.166 e. The fourth-order valence-corrected chi connectivity index (χ4v) is 2.30. The van der Waals surface area contributed by atoms with Crippen LogP contribution in [0, 0.1) is 11.3 Å². The Labute approximate surface area is 128 Å². The third-order valence-electron chi connectivity index (χ3n) is 4.06. The van der Waals surface area contributed by atoms with E-state index in [1.165, 1.54) is 0 Å². The highest BCUT2D eigenvalue weighted by Crippen LogP contribution is 2.19. The molecule has 116 valence electrons. The van der Waals surface area contributed by atoms with Gasteiger partial charge in [-0.15, -0.1) is 5.10 Å². The van der Waals surface area contributed by atoms with Crippen LogP contribution >= 0.6 is 0 Å². The average Bonchev–Trinajstić information content (AvgIpc) is 2.52. The van der Waals surface area contributed by atoms with Gasteiger partial charge in [0.25, 0.3) is 0 Å². The molecule has 5 heteroatoms. The van der Waals surface area contributed by atoms with Crippen LogP contribution in [0.25, 0.3) is 0 Å². The predicted octanol–water partition coefficient (Wildman–Crippen LogP) is 2.62. The average molecular weight is 289 g/mol. The minimum Gasteiger partial charge on any atom is -0.366 e. The maximum Gasteiger partial charge on any atom is 0.166 e. The fourth-order valence-electron chi connectivity index (χ4n) is 2.30. The van der Waals surface area contributed by atoms with Crippen molar-refractivity contribution in [1.82, 2.24) is 15.1 Å². The van der Waals surface area contributed by atoms with Gasteiger partial charge in [-0.3, -0.25) is 0 Å². The van der Waals surface area contributed by atoms with E-state index in [4.69, 9.17) is 0 Å². The number of likely N-dealkylation sites (N-methyl/N-ethyl adjacent to an activating group) is 1. The topological polar surface area (TPSA) is 64.8 Å². The molecule has 0 bridgehead atoms. The van der Waals surface area contributed by atoms with E-state index < -0.39 is 0 Å². The van der Waals surface area contributed by atoms with Crippen molar-refractivity contribution >= 4 is 5.82 Å². The van der Waals surface area contributed by atoms with Gasteiger partial charge in [0.05, 0.1) is 5.69 Å². The molecule has 0 fully saturated rings. The molecule has 5 nitrogen and oxygen atoms in total. The molecule has 0 saturated heterocycles. The quantitative estimate of drug-likeness (QED) is 0.797. The maximum absolute atomic E-state index is 9.42. The van der Waals surface area contributed by atoms with Crippen LogP contribution in [-0.4, -0.2) is 41.3 Å². The Hall–Kier alpha value is -1.67. The fraction of sp³-hybridized carbons (Fsp3) is 0.688. The largest absolute Gasteiger partial charge is 0.366 e. The SMILES string of the molecule is CCc1nnc(NCCN(C)C(C)CC)c(C#N)c1CC. The molecule has 1 unspecified atom stereocenters. The lowest BCUT2D eigenvalue weighted by Gasteiger charge is -2.23. The van der Waals surface area contributed by atoms with Crippen LogP contribution in [0.2, 0.25) is 0 Å². The van der Waals surface area contributed by atoms with Crippen molar-refractivity contribution in [1.29, 1.82) is 5.26 Å². The molecule has 0 spiro atoms.